The number of ketones is 1. The van der Waals surface area contributed by atoms with E-state index in [9.17, 15) is 19.2 Å². The summed E-state index contributed by atoms with van der Waals surface area (Å²) in [5.41, 5.74) is 0. The highest BCUT2D eigenvalue weighted by atomic mass is 16.6. The normalized spacial score (nSPS) is 20.7. The smallest absolute Gasteiger partial charge is 0.408 e. The van der Waals surface area contributed by atoms with Crippen molar-refractivity contribution < 1.29 is 23.9 Å². The molecule has 9 nitrogen and oxygen atoms in total. The Morgan fingerprint density at radius 1 is 1.31 bits per heavy atom. The Kier molecular flexibility index (Phi) is 8.43. The van der Waals surface area contributed by atoms with Crippen LogP contribution in [0.15, 0.2) is 0 Å². The molecule has 0 aromatic heterocycles. The number of ether oxygens (including phenoxy) is 1. The van der Waals surface area contributed by atoms with Gasteiger partial charge in [-0.1, -0.05) is 20.8 Å². The summed E-state index contributed by atoms with van der Waals surface area (Å²) < 4.78 is 5.34. The number of amides is 3. The van der Waals surface area contributed by atoms with Crippen LogP contribution in [-0.2, 0) is 19.1 Å². The van der Waals surface area contributed by atoms with Gasteiger partial charge in [0, 0.05) is 32.6 Å². The van der Waals surface area contributed by atoms with Crippen LogP contribution in [0.1, 0.15) is 40.0 Å². The third-order valence-corrected chi connectivity index (χ3v) is 5.30. The summed E-state index contributed by atoms with van der Waals surface area (Å²) in [6.07, 6.45) is 0.591. The molecular formula is C20H34N4O5. The zero-order valence-electron chi connectivity index (χ0n) is 17.9. The van der Waals surface area contributed by atoms with Gasteiger partial charge >= 0.3 is 6.09 Å². The van der Waals surface area contributed by atoms with Crippen LogP contribution in [0.5, 0.6) is 0 Å². The molecule has 2 heterocycles. The SMILES string of the molecule is CCC(=O)N(CC(=O)[C@H](CC(C)C)NC(=O)OC1CN(C)C1)C[C@@H]1CCNC1=O. The van der Waals surface area contributed by atoms with Crippen molar-refractivity contribution in [2.45, 2.75) is 52.2 Å². The topological polar surface area (TPSA) is 108 Å². The third kappa shape index (κ3) is 6.99. The van der Waals surface area contributed by atoms with Gasteiger partial charge < -0.3 is 20.3 Å². The van der Waals surface area contributed by atoms with E-state index in [1.165, 1.54) is 4.90 Å². The first-order valence-corrected chi connectivity index (χ1v) is 10.4. The number of alkyl carbamates (subject to hydrolysis) is 1. The van der Waals surface area contributed by atoms with E-state index in [0.29, 0.717) is 32.5 Å². The number of carbonyl (C=O) groups is 4. The molecule has 3 amide bonds. The maximum absolute atomic E-state index is 12.9. The average Bonchev–Trinajstić information content (AvgIpc) is 3.02. The van der Waals surface area contributed by atoms with Crippen molar-refractivity contribution in [2.75, 3.05) is 39.8 Å². The van der Waals surface area contributed by atoms with Crippen LogP contribution in [0, 0.1) is 11.8 Å². The highest BCUT2D eigenvalue weighted by molar-refractivity contribution is 5.92. The molecule has 0 aliphatic carbocycles. The zero-order valence-corrected chi connectivity index (χ0v) is 17.9. The summed E-state index contributed by atoms with van der Waals surface area (Å²) in [5, 5.41) is 5.43. The fourth-order valence-corrected chi connectivity index (χ4v) is 3.65. The Balaban J connectivity index is 1.97. The van der Waals surface area contributed by atoms with Crippen LogP contribution < -0.4 is 10.6 Å². The first-order chi connectivity index (χ1) is 13.7. The summed E-state index contributed by atoms with van der Waals surface area (Å²) in [6, 6.07) is -0.732. The van der Waals surface area contributed by atoms with Crippen LogP contribution in [0.2, 0.25) is 0 Å². The quantitative estimate of drug-likeness (QED) is 0.539. The highest BCUT2D eigenvalue weighted by Gasteiger charge is 2.32. The summed E-state index contributed by atoms with van der Waals surface area (Å²) in [7, 11) is 1.94. The van der Waals surface area contributed by atoms with Crippen LogP contribution in [-0.4, -0.2) is 85.4 Å². The largest absolute Gasteiger partial charge is 0.443 e. The number of hydrogen-bond acceptors (Lipinski definition) is 6. The van der Waals surface area contributed by atoms with E-state index in [2.05, 4.69) is 10.6 Å². The fourth-order valence-electron chi connectivity index (χ4n) is 3.65. The molecule has 2 atom stereocenters. The fraction of sp³-hybridized carbons (Fsp3) is 0.800. The Morgan fingerprint density at radius 2 is 2.00 bits per heavy atom. The number of rotatable bonds is 10. The van der Waals surface area contributed by atoms with Crippen molar-refractivity contribution in [1.82, 2.24) is 20.4 Å². The Hall–Kier alpha value is -2.16. The molecule has 0 aromatic carbocycles. The van der Waals surface area contributed by atoms with E-state index in [4.69, 9.17) is 4.74 Å². The Morgan fingerprint density at radius 3 is 2.52 bits per heavy atom. The standard InChI is InChI=1S/C20H34N4O5/c1-5-18(26)24(9-14-6-7-21-19(14)27)12-17(25)16(8-13(2)3)22-20(28)29-15-10-23(4)11-15/h13-16H,5-12H2,1-4H3,(H,21,27)(H,22,28)/t14-,16-/m0/s1. The van der Waals surface area contributed by atoms with Crippen molar-refractivity contribution in [3.05, 3.63) is 0 Å². The lowest BCUT2D eigenvalue weighted by molar-refractivity contribution is -0.137. The first-order valence-electron chi connectivity index (χ1n) is 10.4. The van der Waals surface area contributed by atoms with Gasteiger partial charge in [0.2, 0.25) is 11.8 Å². The van der Waals surface area contributed by atoms with E-state index in [1.807, 2.05) is 25.8 Å². The molecule has 2 aliphatic rings. The molecule has 2 fully saturated rings. The molecule has 2 rings (SSSR count). The van der Waals surface area contributed by atoms with E-state index in [1.54, 1.807) is 6.92 Å². The Bertz CT molecular complexity index is 618. The minimum absolute atomic E-state index is 0.0859. The van der Waals surface area contributed by atoms with Crippen molar-refractivity contribution in [1.29, 1.82) is 0 Å². The van der Waals surface area contributed by atoms with Gasteiger partial charge in [-0.2, -0.15) is 0 Å². The summed E-state index contributed by atoms with van der Waals surface area (Å²) in [5.74, 6) is -0.634. The van der Waals surface area contributed by atoms with Crippen molar-refractivity contribution in [3.8, 4) is 0 Å². The van der Waals surface area contributed by atoms with Gasteiger partial charge in [0.25, 0.3) is 0 Å². The van der Waals surface area contributed by atoms with Crippen LogP contribution in [0.25, 0.3) is 0 Å². The molecule has 2 N–H and O–H groups in total. The van der Waals surface area contributed by atoms with E-state index in [-0.39, 0.29) is 55.0 Å². The summed E-state index contributed by atoms with van der Waals surface area (Å²) >= 11 is 0. The average molecular weight is 411 g/mol. The molecule has 164 valence electrons. The molecule has 9 heteroatoms. The Labute approximate surface area is 172 Å². The minimum atomic E-state index is -0.732. The molecule has 0 saturated carbocycles. The van der Waals surface area contributed by atoms with Gasteiger partial charge in [-0.15, -0.1) is 0 Å². The third-order valence-electron chi connectivity index (χ3n) is 5.30. The molecule has 2 saturated heterocycles. The van der Waals surface area contributed by atoms with Gasteiger partial charge in [0.15, 0.2) is 5.78 Å². The summed E-state index contributed by atoms with van der Waals surface area (Å²) in [6.45, 7) is 7.70. The second kappa shape index (κ2) is 10.6. The second-order valence-electron chi connectivity index (χ2n) is 8.45. The lowest BCUT2D eigenvalue weighted by atomic mass is 9.99. The van der Waals surface area contributed by atoms with E-state index < -0.39 is 12.1 Å². The number of nitrogens with zero attached hydrogens (tertiary/aromatic N) is 2. The molecule has 2 aliphatic heterocycles. The zero-order chi connectivity index (χ0) is 21.6. The number of carbonyl (C=O) groups excluding carboxylic acids is 4. The molecule has 0 radical (unpaired) electrons. The van der Waals surface area contributed by atoms with Gasteiger partial charge in [-0.3, -0.25) is 19.3 Å². The molecule has 0 bridgehead atoms. The van der Waals surface area contributed by atoms with Crippen LogP contribution in [0.4, 0.5) is 4.79 Å². The van der Waals surface area contributed by atoms with E-state index in [0.717, 1.165) is 0 Å². The number of likely N-dealkylation sites (tertiary alicyclic amines) is 1. The molecule has 0 aromatic rings. The molecule has 29 heavy (non-hydrogen) atoms. The molecular weight excluding hydrogens is 376 g/mol. The highest BCUT2D eigenvalue weighted by Crippen LogP contribution is 2.14. The first kappa shape index (κ1) is 23.1. The van der Waals surface area contributed by atoms with Gasteiger partial charge in [0.1, 0.15) is 6.10 Å². The van der Waals surface area contributed by atoms with Crippen molar-refractivity contribution in [2.24, 2.45) is 11.8 Å². The molecule has 0 unspecified atom stereocenters. The maximum Gasteiger partial charge on any atom is 0.408 e. The number of Topliss-reactive ketones (excluding diaryl/α,β-unsaturated/α-hetero) is 1. The lowest BCUT2D eigenvalue weighted by Crippen LogP contribution is -2.53. The van der Waals surface area contributed by atoms with Crippen molar-refractivity contribution >= 4 is 23.7 Å². The van der Waals surface area contributed by atoms with E-state index >= 15 is 0 Å². The number of nitrogens with one attached hydrogen (secondary N) is 2. The van der Waals surface area contributed by atoms with Crippen LogP contribution >= 0.6 is 0 Å². The second-order valence-corrected chi connectivity index (χ2v) is 8.45. The predicted molar refractivity (Wildman–Crippen MR) is 107 cm³/mol. The van der Waals surface area contributed by atoms with Gasteiger partial charge in [-0.05, 0) is 25.8 Å². The minimum Gasteiger partial charge on any atom is -0.443 e. The summed E-state index contributed by atoms with van der Waals surface area (Å²) in [4.78, 5) is 52.9. The monoisotopic (exact) mass is 410 g/mol. The molecule has 0 spiro atoms. The van der Waals surface area contributed by atoms with Gasteiger partial charge in [-0.25, -0.2) is 4.79 Å². The lowest BCUT2D eigenvalue weighted by Gasteiger charge is -2.35. The van der Waals surface area contributed by atoms with Gasteiger partial charge in [0.05, 0.1) is 18.5 Å². The van der Waals surface area contributed by atoms with Crippen LogP contribution in [0.3, 0.4) is 0 Å². The number of likely N-dealkylation sites (N-methyl/N-ethyl adjacent to an activating group) is 1. The number of hydrogen-bond donors (Lipinski definition) is 2. The van der Waals surface area contributed by atoms with Crippen molar-refractivity contribution in [3.63, 3.8) is 0 Å². The predicted octanol–water partition coefficient (Wildman–Crippen LogP) is 0.385. The maximum atomic E-state index is 12.9.